The van der Waals surface area contributed by atoms with Crippen LogP contribution in [0, 0.1) is 53.3 Å². The highest BCUT2D eigenvalue weighted by Gasteiger charge is 2.72. The van der Waals surface area contributed by atoms with Crippen LogP contribution in [0.3, 0.4) is 0 Å². The van der Waals surface area contributed by atoms with Gasteiger partial charge in [-0.25, -0.2) is 0 Å². The van der Waals surface area contributed by atoms with E-state index >= 15 is 0 Å². The number of nitrogens with zero attached hydrogens (tertiary/aromatic N) is 1. The SMILES string of the molecule is CC(C)(OC(=O)C1C2OC3C(OC(=O)C31)C2OC(=O)CN1CCOCC1)C1CC2CC1C1C3CCC(C3)C21. The second-order valence-electron chi connectivity index (χ2n) is 13.9. The zero-order valence-electron chi connectivity index (χ0n) is 22.3. The van der Waals surface area contributed by atoms with Crippen molar-refractivity contribution < 1.29 is 38.1 Å². The summed E-state index contributed by atoms with van der Waals surface area (Å²) < 4.78 is 29.2. The molecule has 9 heteroatoms. The Labute approximate surface area is 223 Å². The monoisotopic (exact) mass is 529 g/mol. The maximum absolute atomic E-state index is 13.8. The van der Waals surface area contributed by atoms with Crippen molar-refractivity contribution in [3.63, 3.8) is 0 Å². The van der Waals surface area contributed by atoms with Gasteiger partial charge in [0.2, 0.25) is 0 Å². The van der Waals surface area contributed by atoms with Gasteiger partial charge in [0.15, 0.2) is 12.2 Å². The minimum atomic E-state index is -0.805. The fourth-order valence-corrected chi connectivity index (χ4v) is 10.6. The molecule has 4 heterocycles. The van der Waals surface area contributed by atoms with Crippen LogP contribution in [0.2, 0.25) is 0 Å². The zero-order chi connectivity index (χ0) is 25.9. The smallest absolute Gasteiger partial charge is 0.320 e. The van der Waals surface area contributed by atoms with E-state index in [9.17, 15) is 14.4 Å². The molecule has 8 fully saturated rings. The molecular formula is C29H39NO8. The molecule has 4 aliphatic heterocycles. The fraction of sp³-hybridized carbons (Fsp3) is 0.897. The van der Waals surface area contributed by atoms with E-state index in [-0.39, 0.29) is 6.54 Å². The largest absolute Gasteiger partial charge is 0.459 e. The van der Waals surface area contributed by atoms with E-state index in [1.807, 2.05) is 4.90 Å². The van der Waals surface area contributed by atoms with Crippen LogP contribution >= 0.6 is 0 Å². The van der Waals surface area contributed by atoms with Gasteiger partial charge in [0.05, 0.1) is 19.8 Å². The minimum Gasteiger partial charge on any atom is -0.459 e. The van der Waals surface area contributed by atoms with Crippen LogP contribution in [-0.4, -0.2) is 85.7 Å². The Morgan fingerprint density at radius 3 is 2.53 bits per heavy atom. The van der Waals surface area contributed by atoms with E-state index in [1.165, 1.54) is 25.7 Å². The highest BCUT2D eigenvalue weighted by Crippen LogP contribution is 2.70. The summed E-state index contributed by atoms with van der Waals surface area (Å²) in [5.41, 5.74) is -0.616. The van der Waals surface area contributed by atoms with Crippen LogP contribution in [0.15, 0.2) is 0 Å². The first-order valence-electron chi connectivity index (χ1n) is 14.9. The molecule has 9 nitrogen and oxygen atoms in total. The van der Waals surface area contributed by atoms with Crippen LogP contribution in [0.25, 0.3) is 0 Å². The van der Waals surface area contributed by atoms with E-state index < -0.39 is 59.8 Å². The standard InChI is InChI=1S/C29H39NO8/c1-29(2,17-11-15-10-16(17)20-14-4-3-13(9-14)19(15)20)38-28(33)22-21-23-26(37-27(21)32)25(24(22)36-23)35-18(31)12-30-5-7-34-8-6-30/h13-17,19-26H,3-12H2,1-2H3. The summed E-state index contributed by atoms with van der Waals surface area (Å²) in [6.45, 7) is 6.75. The lowest BCUT2D eigenvalue weighted by Gasteiger charge is -2.44. The molecule has 8 rings (SSSR count). The average molecular weight is 530 g/mol. The van der Waals surface area contributed by atoms with Gasteiger partial charge in [-0.15, -0.1) is 0 Å². The molecule has 0 aromatic carbocycles. The summed E-state index contributed by atoms with van der Waals surface area (Å²) in [6.07, 6.45) is 3.91. The first kappa shape index (κ1) is 24.1. The van der Waals surface area contributed by atoms with Crippen LogP contribution < -0.4 is 0 Å². The van der Waals surface area contributed by atoms with Gasteiger partial charge in [-0.3, -0.25) is 19.3 Å². The molecule has 208 valence electrons. The van der Waals surface area contributed by atoms with Crippen molar-refractivity contribution in [3.8, 4) is 0 Å². The Bertz CT molecular complexity index is 1040. The van der Waals surface area contributed by atoms with E-state index in [0.29, 0.717) is 38.1 Å². The molecule has 38 heavy (non-hydrogen) atoms. The number of morpholine rings is 1. The quantitative estimate of drug-likeness (QED) is 0.290. The Kier molecular flexibility index (Phi) is 5.33. The Balaban J connectivity index is 0.965. The number of ether oxygens (including phenoxy) is 5. The molecule has 13 atom stereocenters. The fourth-order valence-electron chi connectivity index (χ4n) is 10.6. The number of carbonyl (C=O) groups is 3. The number of hydrogen-bond acceptors (Lipinski definition) is 9. The first-order valence-corrected chi connectivity index (χ1v) is 14.9. The summed E-state index contributed by atoms with van der Waals surface area (Å²) >= 11 is 0. The Morgan fingerprint density at radius 1 is 0.974 bits per heavy atom. The molecular weight excluding hydrogens is 490 g/mol. The lowest BCUT2D eigenvalue weighted by molar-refractivity contribution is -0.178. The van der Waals surface area contributed by atoms with E-state index in [2.05, 4.69) is 13.8 Å². The summed E-state index contributed by atoms with van der Waals surface area (Å²) in [5.74, 6) is 2.52. The normalized spacial score (nSPS) is 49.9. The summed E-state index contributed by atoms with van der Waals surface area (Å²) in [6, 6.07) is 0. The van der Waals surface area contributed by atoms with E-state index in [4.69, 9.17) is 23.7 Å². The predicted octanol–water partition coefficient (Wildman–Crippen LogP) is 1.81. The highest BCUT2D eigenvalue weighted by atomic mass is 16.7. The summed E-state index contributed by atoms with van der Waals surface area (Å²) in [7, 11) is 0. The van der Waals surface area contributed by atoms with E-state index in [0.717, 1.165) is 36.0 Å². The van der Waals surface area contributed by atoms with Gasteiger partial charge in [-0.05, 0) is 81.5 Å². The van der Waals surface area contributed by atoms with Crippen molar-refractivity contribution in [2.24, 2.45) is 53.3 Å². The molecule has 0 amide bonds. The van der Waals surface area contributed by atoms with Crippen LogP contribution in [0.4, 0.5) is 0 Å². The maximum Gasteiger partial charge on any atom is 0.320 e. The van der Waals surface area contributed by atoms with Gasteiger partial charge in [-0.1, -0.05) is 0 Å². The molecule has 8 aliphatic rings. The molecule has 4 saturated carbocycles. The molecule has 0 aromatic rings. The van der Waals surface area contributed by atoms with Crippen molar-refractivity contribution in [3.05, 3.63) is 0 Å². The van der Waals surface area contributed by atoms with Gasteiger partial charge in [0.1, 0.15) is 29.6 Å². The molecule has 0 spiro atoms. The molecule has 13 unspecified atom stereocenters. The number of rotatable bonds is 6. The second-order valence-corrected chi connectivity index (χ2v) is 13.9. The third-order valence-electron chi connectivity index (χ3n) is 11.9. The number of esters is 3. The summed E-state index contributed by atoms with van der Waals surface area (Å²) in [5, 5.41) is 0. The molecule has 0 radical (unpaired) electrons. The molecule has 4 saturated heterocycles. The van der Waals surface area contributed by atoms with Gasteiger partial charge >= 0.3 is 17.9 Å². The van der Waals surface area contributed by atoms with Gasteiger partial charge < -0.3 is 23.7 Å². The molecule has 4 aliphatic carbocycles. The van der Waals surface area contributed by atoms with Crippen LogP contribution in [0.5, 0.6) is 0 Å². The molecule has 6 bridgehead atoms. The van der Waals surface area contributed by atoms with Gasteiger partial charge in [-0.2, -0.15) is 0 Å². The number of hydrogen-bond donors (Lipinski definition) is 0. The number of carbonyl (C=O) groups excluding carboxylic acids is 3. The Morgan fingerprint density at radius 2 is 1.74 bits per heavy atom. The highest BCUT2D eigenvalue weighted by molar-refractivity contribution is 5.87. The van der Waals surface area contributed by atoms with Crippen LogP contribution in [-0.2, 0) is 38.1 Å². The van der Waals surface area contributed by atoms with Crippen molar-refractivity contribution in [1.82, 2.24) is 4.90 Å². The predicted molar refractivity (Wildman–Crippen MR) is 130 cm³/mol. The van der Waals surface area contributed by atoms with Gasteiger partial charge in [0.25, 0.3) is 0 Å². The Hall–Kier alpha value is -1.71. The van der Waals surface area contributed by atoms with Crippen LogP contribution in [0.1, 0.15) is 46.0 Å². The lowest BCUT2D eigenvalue weighted by Crippen LogP contribution is -2.51. The maximum atomic E-state index is 13.8. The van der Waals surface area contributed by atoms with Crippen molar-refractivity contribution in [2.45, 2.75) is 76.0 Å². The second kappa shape index (κ2) is 8.40. The first-order chi connectivity index (χ1) is 18.3. The minimum absolute atomic E-state index is 0.137. The third-order valence-corrected chi connectivity index (χ3v) is 11.9. The van der Waals surface area contributed by atoms with Gasteiger partial charge in [0, 0.05) is 19.0 Å². The van der Waals surface area contributed by atoms with Crippen molar-refractivity contribution in [1.29, 1.82) is 0 Å². The van der Waals surface area contributed by atoms with Crippen molar-refractivity contribution in [2.75, 3.05) is 32.8 Å². The lowest BCUT2D eigenvalue weighted by atomic mass is 9.64. The third kappa shape index (κ3) is 3.36. The van der Waals surface area contributed by atoms with E-state index in [1.54, 1.807) is 0 Å². The average Bonchev–Trinajstić information content (AvgIpc) is 3.72. The number of fused-ring (bicyclic) bond motifs is 10. The van der Waals surface area contributed by atoms with Crippen molar-refractivity contribution >= 4 is 17.9 Å². The summed E-state index contributed by atoms with van der Waals surface area (Å²) in [4.78, 5) is 41.3. The topological polar surface area (TPSA) is 101 Å². The molecule has 0 N–H and O–H groups in total. The zero-order valence-corrected chi connectivity index (χ0v) is 22.3. The molecule has 0 aromatic heterocycles.